The first-order valence-electron chi connectivity index (χ1n) is 7.76. The van der Waals surface area contributed by atoms with Crippen LogP contribution in [-0.2, 0) is 0 Å². The Kier molecular flexibility index (Phi) is 5.30. The molecule has 2 aliphatic heterocycles. The van der Waals surface area contributed by atoms with Crippen molar-refractivity contribution < 1.29 is 0 Å². The summed E-state index contributed by atoms with van der Waals surface area (Å²) in [6.45, 7) is 11.4. The van der Waals surface area contributed by atoms with Gasteiger partial charge in [0.05, 0.1) is 0 Å². The van der Waals surface area contributed by atoms with Crippen molar-refractivity contribution in [3.63, 3.8) is 0 Å². The van der Waals surface area contributed by atoms with Crippen LogP contribution >= 0.6 is 0 Å². The summed E-state index contributed by atoms with van der Waals surface area (Å²) >= 11 is 0. The second kappa shape index (κ2) is 6.75. The molecule has 0 radical (unpaired) electrons. The van der Waals surface area contributed by atoms with Crippen LogP contribution in [0.3, 0.4) is 0 Å². The van der Waals surface area contributed by atoms with E-state index < -0.39 is 0 Å². The maximum absolute atomic E-state index is 2.71. The SMILES string of the molecule is CCCCCCN1CCC(N2CC(C)C2)CC1. The standard InChI is InChI=1S/C15H30N2/c1-3-4-5-6-9-16-10-7-15(8-11-16)17-12-14(2)13-17/h14-15H,3-13H2,1-2H3. The van der Waals surface area contributed by atoms with Crippen LogP contribution in [0.2, 0.25) is 0 Å². The molecule has 0 spiro atoms. The van der Waals surface area contributed by atoms with Gasteiger partial charge in [-0.2, -0.15) is 0 Å². The van der Waals surface area contributed by atoms with Crippen LogP contribution in [0.25, 0.3) is 0 Å². The third-order valence-electron chi connectivity index (χ3n) is 4.49. The van der Waals surface area contributed by atoms with E-state index in [4.69, 9.17) is 0 Å². The Bertz CT molecular complexity index is 203. The smallest absolute Gasteiger partial charge is 0.0120 e. The lowest BCUT2D eigenvalue weighted by Crippen LogP contribution is -2.54. The second-order valence-corrected chi connectivity index (χ2v) is 6.19. The molecular weight excluding hydrogens is 208 g/mol. The number of hydrogen-bond donors (Lipinski definition) is 0. The first-order chi connectivity index (χ1) is 8.29. The van der Waals surface area contributed by atoms with E-state index >= 15 is 0 Å². The van der Waals surface area contributed by atoms with Gasteiger partial charge >= 0.3 is 0 Å². The van der Waals surface area contributed by atoms with Gasteiger partial charge in [0, 0.05) is 19.1 Å². The average Bonchev–Trinajstić information content (AvgIpc) is 2.32. The van der Waals surface area contributed by atoms with Crippen molar-refractivity contribution in [2.75, 3.05) is 32.7 Å². The molecule has 2 nitrogen and oxygen atoms in total. The number of piperidine rings is 1. The van der Waals surface area contributed by atoms with Crippen LogP contribution in [0, 0.1) is 5.92 Å². The topological polar surface area (TPSA) is 6.48 Å². The molecule has 2 rings (SSSR count). The van der Waals surface area contributed by atoms with Crippen molar-refractivity contribution in [2.45, 2.75) is 58.4 Å². The number of nitrogens with zero attached hydrogens (tertiary/aromatic N) is 2. The fraction of sp³-hybridized carbons (Fsp3) is 1.00. The zero-order valence-electron chi connectivity index (χ0n) is 11.8. The largest absolute Gasteiger partial charge is 0.303 e. The number of hydrogen-bond acceptors (Lipinski definition) is 2. The Morgan fingerprint density at radius 2 is 1.71 bits per heavy atom. The predicted octanol–water partition coefficient (Wildman–Crippen LogP) is 2.98. The van der Waals surface area contributed by atoms with E-state index in [1.807, 2.05) is 0 Å². The molecule has 100 valence electrons. The van der Waals surface area contributed by atoms with Gasteiger partial charge in [-0.1, -0.05) is 33.1 Å². The summed E-state index contributed by atoms with van der Waals surface area (Å²) < 4.78 is 0. The lowest BCUT2D eigenvalue weighted by Gasteiger charge is -2.46. The summed E-state index contributed by atoms with van der Waals surface area (Å²) in [5, 5.41) is 0. The van der Waals surface area contributed by atoms with Crippen LogP contribution in [0.5, 0.6) is 0 Å². The van der Waals surface area contributed by atoms with Crippen molar-refractivity contribution in [3.8, 4) is 0 Å². The molecule has 2 heterocycles. The maximum atomic E-state index is 2.71. The summed E-state index contributed by atoms with van der Waals surface area (Å²) in [6.07, 6.45) is 8.46. The Labute approximate surface area is 107 Å². The van der Waals surface area contributed by atoms with Crippen molar-refractivity contribution >= 4 is 0 Å². The summed E-state index contributed by atoms with van der Waals surface area (Å²) in [7, 11) is 0. The predicted molar refractivity (Wildman–Crippen MR) is 74.3 cm³/mol. The van der Waals surface area contributed by atoms with Gasteiger partial charge in [0.15, 0.2) is 0 Å². The molecule has 0 aliphatic carbocycles. The van der Waals surface area contributed by atoms with Crippen molar-refractivity contribution in [2.24, 2.45) is 5.92 Å². The summed E-state index contributed by atoms with van der Waals surface area (Å²) in [6, 6.07) is 0.915. The molecule has 0 saturated carbocycles. The first kappa shape index (κ1) is 13.4. The highest BCUT2D eigenvalue weighted by Crippen LogP contribution is 2.24. The second-order valence-electron chi connectivity index (χ2n) is 6.19. The molecule has 0 amide bonds. The molecular formula is C15H30N2. The van der Waals surface area contributed by atoms with E-state index in [0.29, 0.717) is 0 Å². The summed E-state index contributed by atoms with van der Waals surface area (Å²) in [5.41, 5.74) is 0. The average molecular weight is 238 g/mol. The van der Waals surface area contributed by atoms with Gasteiger partial charge in [-0.3, -0.25) is 4.90 Å². The quantitative estimate of drug-likeness (QED) is 0.656. The highest BCUT2D eigenvalue weighted by Gasteiger charge is 2.31. The molecule has 0 aromatic carbocycles. The zero-order chi connectivity index (χ0) is 12.1. The number of unbranched alkanes of at least 4 members (excludes halogenated alkanes) is 3. The third kappa shape index (κ3) is 3.96. The van der Waals surface area contributed by atoms with Crippen LogP contribution in [0.4, 0.5) is 0 Å². The molecule has 2 aliphatic rings. The minimum absolute atomic E-state index is 0.915. The molecule has 2 fully saturated rings. The number of likely N-dealkylation sites (tertiary alicyclic amines) is 2. The Morgan fingerprint density at radius 1 is 1.00 bits per heavy atom. The van der Waals surface area contributed by atoms with Crippen molar-refractivity contribution in [1.29, 1.82) is 0 Å². The van der Waals surface area contributed by atoms with E-state index in [0.717, 1.165) is 12.0 Å². The molecule has 0 bridgehead atoms. The molecule has 0 unspecified atom stereocenters. The first-order valence-corrected chi connectivity index (χ1v) is 7.76. The van der Waals surface area contributed by atoms with Gasteiger partial charge in [-0.15, -0.1) is 0 Å². The summed E-state index contributed by atoms with van der Waals surface area (Å²) in [5.74, 6) is 0.960. The van der Waals surface area contributed by atoms with Crippen molar-refractivity contribution in [3.05, 3.63) is 0 Å². The minimum Gasteiger partial charge on any atom is -0.303 e. The van der Waals surface area contributed by atoms with Gasteiger partial charge in [0.25, 0.3) is 0 Å². The molecule has 0 N–H and O–H groups in total. The summed E-state index contributed by atoms with van der Waals surface area (Å²) in [4.78, 5) is 5.40. The Balaban J connectivity index is 1.55. The van der Waals surface area contributed by atoms with E-state index in [2.05, 4.69) is 23.6 Å². The molecule has 2 heteroatoms. The van der Waals surface area contributed by atoms with Gasteiger partial charge in [-0.25, -0.2) is 0 Å². The van der Waals surface area contributed by atoms with Gasteiger partial charge < -0.3 is 4.90 Å². The van der Waals surface area contributed by atoms with Crippen LogP contribution in [0.15, 0.2) is 0 Å². The van der Waals surface area contributed by atoms with E-state index in [1.54, 1.807) is 0 Å². The van der Waals surface area contributed by atoms with E-state index in [9.17, 15) is 0 Å². The molecule has 0 aromatic rings. The van der Waals surface area contributed by atoms with Gasteiger partial charge in [0.2, 0.25) is 0 Å². The molecule has 0 atom stereocenters. The third-order valence-corrected chi connectivity index (χ3v) is 4.49. The highest BCUT2D eigenvalue weighted by atomic mass is 15.2. The lowest BCUT2D eigenvalue weighted by atomic mass is 9.94. The van der Waals surface area contributed by atoms with Crippen LogP contribution in [0.1, 0.15) is 52.4 Å². The maximum Gasteiger partial charge on any atom is 0.0120 e. The fourth-order valence-electron chi connectivity index (χ4n) is 3.32. The van der Waals surface area contributed by atoms with E-state index in [-0.39, 0.29) is 0 Å². The zero-order valence-corrected chi connectivity index (χ0v) is 11.8. The lowest BCUT2D eigenvalue weighted by molar-refractivity contribution is 0.0263. The minimum atomic E-state index is 0.915. The molecule has 0 aromatic heterocycles. The van der Waals surface area contributed by atoms with Crippen LogP contribution in [-0.4, -0.2) is 48.6 Å². The normalized spacial score (nSPS) is 25.1. The van der Waals surface area contributed by atoms with E-state index in [1.165, 1.54) is 71.2 Å². The Morgan fingerprint density at radius 3 is 2.29 bits per heavy atom. The number of rotatable bonds is 6. The van der Waals surface area contributed by atoms with Gasteiger partial charge in [-0.05, 0) is 44.8 Å². The van der Waals surface area contributed by atoms with Crippen molar-refractivity contribution in [1.82, 2.24) is 9.80 Å². The monoisotopic (exact) mass is 238 g/mol. The van der Waals surface area contributed by atoms with Gasteiger partial charge in [0.1, 0.15) is 0 Å². The fourth-order valence-corrected chi connectivity index (χ4v) is 3.32. The highest BCUT2D eigenvalue weighted by molar-refractivity contribution is 4.86. The van der Waals surface area contributed by atoms with Crippen LogP contribution < -0.4 is 0 Å². The molecule has 2 saturated heterocycles. The Hall–Kier alpha value is -0.0800. The molecule has 17 heavy (non-hydrogen) atoms.